The minimum atomic E-state index is -1.01. The van der Waals surface area contributed by atoms with Crippen LogP contribution in [0, 0.1) is 6.92 Å². The van der Waals surface area contributed by atoms with Gasteiger partial charge in [-0.05, 0) is 36.8 Å². The molecule has 5 nitrogen and oxygen atoms in total. The number of aromatic carboxylic acids is 1. The standard InChI is InChI=1S/C14H12ClNO4S/c1-8-5-12(21-13(8)14(18)19)16-11(17)7-20-10-4-2-3-9(15)6-10/h2-6H,7H2,1H3,(H,16,17)(H,18,19). The molecular weight excluding hydrogens is 314 g/mol. The summed E-state index contributed by atoms with van der Waals surface area (Å²) in [5.41, 5.74) is 0.610. The maximum atomic E-state index is 11.8. The second-order valence-corrected chi connectivity index (χ2v) is 5.71. The van der Waals surface area contributed by atoms with Gasteiger partial charge in [-0.15, -0.1) is 11.3 Å². The predicted octanol–water partition coefficient (Wildman–Crippen LogP) is 3.43. The fourth-order valence-electron chi connectivity index (χ4n) is 1.64. The average Bonchev–Trinajstić information content (AvgIpc) is 2.77. The van der Waals surface area contributed by atoms with E-state index in [1.807, 2.05) is 0 Å². The van der Waals surface area contributed by atoms with Crippen LogP contribution in [-0.4, -0.2) is 23.6 Å². The van der Waals surface area contributed by atoms with E-state index in [2.05, 4.69) is 5.32 Å². The van der Waals surface area contributed by atoms with Gasteiger partial charge in [0.15, 0.2) is 6.61 Å². The van der Waals surface area contributed by atoms with Crippen LogP contribution >= 0.6 is 22.9 Å². The minimum Gasteiger partial charge on any atom is -0.484 e. The molecule has 0 spiro atoms. The third-order valence-corrected chi connectivity index (χ3v) is 3.92. The number of carboxylic acids is 1. The van der Waals surface area contributed by atoms with Crippen LogP contribution in [0.15, 0.2) is 30.3 Å². The Morgan fingerprint density at radius 2 is 2.14 bits per heavy atom. The van der Waals surface area contributed by atoms with E-state index in [4.69, 9.17) is 21.4 Å². The lowest BCUT2D eigenvalue weighted by Crippen LogP contribution is -2.19. The van der Waals surface area contributed by atoms with E-state index in [1.165, 1.54) is 0 Å². The van der Waals surface area contributed by atoms with Crippen molar-refractivity contribution in [2.45, 2.75) is 6.92 Å². The molecule has 2 N–H and O–H groups in total. The van der Waals surface area contributed by atoms with Crippen molar-refractivity contribution in [3.05, 3.63) is 45.8 Å². The molecule has 0 bridgehead atoms. The van der Waals surface area contributed by atoms with Crippen molar-refractivity contribution in [2.75, 3.05) is 11.9 Å². The van der Waals surface area contributed by atoms with Gasteiger partial charge in [-0.3, -0.25) is 4.79 Å². The number of nitrogens with one attached hydrogen (secondary N) is 1. The quantitative estimate of drug-likeness (QED) is 0.883. The maximum Gasteiger partial charge on any atom is 0.346 e. The number of rotatable bonds is 5. The Morgan fingerprint density at radius 1 is 1.38 bits per heavy atom. The summed E-state index contributed by atoms with van der Waals surface area (Å²) >= 11 is 6.82. The number of benzene rings is 1. The molecule has 1 heterocycles. The molecule has 0 unspecified atom stereocenters. The number of anilines is 1. The van der Waals surface area contributed by atoms with Gasteiger partial charge in [-0.25, -0.2) is 4.79 Å². The molecule has 0 saturated carbocycles. The number of hydrogen-bond acceptors (Lipinski definition) is 4. The van der Waals surface area contributed by atoms with E-state index in [0.717, 1.165) is 11.3 Å². The monoisotopic (exact) mass is 325 g/mol. The number of thiophene rings is 1. The molecule has 2 aromatic rings. The van der Waals surface area contributed by atoms with E-state index < -0.39 is 5.97 Å². The summed E-state index contributed by atoms with van der Waals surface area (Å²) in [7, 11) is 0. The first-order chi connectivity index (χ1) is 9.95. The Balaban J connectivity index is 1.93. The van der Waals surface area contributed by atoms with Crippen molar-refractivity contribution in [1.29, 1.82) is 0 Å². The van der Waals surface area contributed by atoms with Gasteiger partial charge < -0.3 is 15.2 Å². The summed E-state index contributed by atoms with van der Waals surface area (Å²) in [5, 5.41) is 12.6. The first-order valence-corrected chi connectivity index (χ1v) is 7.17. The molecule has 0 atom stereocenters. The first-order valence-electron chi connectivity index (χ1n) is 5.97. The van der Waals surface area contributed by atoms with Crippen molar-refractivity contribution >= 4 is 39.8 Å². The van der Waals surface area contributed by atoms with Crippen molar-refractivity contribution in [1.82, 2.24) is 0 Å². The average molecular weight is 326 g/mol. The fraction of sp³-hybridized carbons (Fsp3) is 0.143. The van der Waals surface area contributed by atoms with Crippen LogP contribution in [0.4, 0.5) is 5.00 Å². The smallest absolute Gasteiger partial charge is 0.346 e. The van der Waals surface area contributed by atoms with Crippen LogP contribution in [0.3, 0.4) is 0 Å². The molecule has 2 rings (SSSR count). The van der Waals surface area contributed by atoms with Crippen molar-refractivity contribution in [3.8, 4) is 5.75 Å². The Kier molecular flexibility index (Phi) is 4.82. The summed E-state index contributed by atoms with van der Waals surface area (Å²) < 4.78 is 5.30. The normalized spacial score (nSPS) is 10.2. The molecule has 0 saturated heterocycles. The van der Waals surface area contributed by atoms with Crippen LogP contribution < -0.4 is 10.1 Å². The Labute approximate surface area is 130 Å². The number of aryl methyl sites for hydroxylation is 1. The molecule has 1 aromatic heterocycles. The van der Waals surface area contributed by atoms with Crippen molar-refractivity contribution in [3.63, 3.8) is 0 Å². The second-order valence-electron chi connectivity index (χ2n) is 4.22. The van der Waals surface area contributed by atoms with Crippen molar-refractivity contribution in [2.24, 2.45) is 0 Å². The Morgan fingerprint density at radius 3 is 2.76 bits per heavy atom. The van der Waals surface area contributed by atoms with Gasteiger partial charge in [0, 0.05) is 5.02 Å². The SMILES string of the molecule is Cc1cc(NC(=O)COc2cccc(Cl)c2)sc1C(=O)O. The van der Waals surface area contributed by atoms with Gasteiger partial charge in [-0.1, -0.05) is 17.7 Å². The number of carboxylic acid groups (broad SMARTS) is 1. The number of amides is 1. The molecule has 110 valence electrons. The number of hydrogen-bond donors (Lipinski definition) is 2. The highest BCUT2D eigenvalue weighted by molar-refractivity contribution is 7.18. The lowest BCUT2D eigenvalue weighted by atomic mass is 10.3. The van der Waals surface area contributed by atoms with Crippen LogP contribution in [0.1, 0.15) is 15.2 Å². The molecule has 1 aromatic carbocycles. The molecule has 0 aliphatic heterocycles. The fourth-order valence-corrected chi connectivity index (χ4v) is 2.74. The molecule has 1 amide bonds. The number of carbonyl (C=O) groups is 2. The van der Waals surface area contributed by atoms with Crippen molar-refractivity contribution < 1.29 is 19.4 Å². The highest BCUT2D eigenvalue weighted by Gasteiger charge is 2.13. The maximum absolute atomic E-state index is 11.8. The number of halogens is 1. The third kappa shape index (κ3) is 4.21. The topological polar surface area (TPSA) is 75.6 Å². The van der Waals surface area contributed by atoms with Gasteiger partial charge in [0.25, 0.3) is 5.91 Å². The molecular formula is C14H12ClNO4S. The highest BCUT2D eigenvalue weighted by Crippen LogP contribution is 2.26. The van der Waals surface area contributed by atoms with E-state index in [1.54, 1.807) is 37.3 Å². The zero-order chi connectivity index (χ0) is 15.4. The van der Waals surface area contributed by atoms with Gasteiger partial charge >= 0.3 is 5.97 Å². The van der Waals surface area contributed by atoms with E-state index in [-0.39, 0.29) is 17.4 Å². The first kappa shape index (κ1) is 15.3. The second kappa shape index (κ2) is 6.60. The van der Waals surface area contributed by atoms with E-state index in [9.17, 15) is 9.59 Å². The molecule has 7 heteroatoms. The largest absolute Gasteiger partial charge is 0.484 e. The molecule has 0 aliphatic carbocycles. The van der Waals surface area contributed by atoms with Crippen LogP contribution in [0.2, 0.25) is 5.02 Å². The molecule has 0 radical (unpaired) electrons. The summed E-state index contributed by atoms with van der Waals surface area (Å²) in [5.74, 6) is -0.882. The minimum absolute atomic E-state index is 0.181. The van der Waals surface area contributed by atoms with Crippen LogP contribution in [-0.2, 0) is 4.79 Å². The summed E-state index contributed by atoms with van der Waals surface area (Å²) in [6.45, 7) is 1.50. The molecule has 21 heavy (non-hydrogen) atoms. The van der Waals surface area contributed by atoms with Crippen LogP contribution in [0.25, 0.3) is 0 Å². The van der Waals surface area contributed by atoms with Gasteiger partial charge in [0.05, 0.1) is 5.00 Å². The van der Waals surface area contributed by atoms with E-state index >= 15 is 0 Å². The Bertz CT molecular complexity index is 683. The Hall–Kier alpha value is -2.05. The summed E-state index contributed by atoms with van der Waals surface area (Å²) in [6, 6.07) is 8.34. The lowest BCUT2D eigenvalue weighted by molar-refractivity contribution is -0.118. The zero-order valence-electron chi connectivity index (χ0n) is 11.1. The summed E-state index contributed by atoms with van der Waals surface area (Å²) in [4.78, 5) is 22.9. The van der Waals surface area contributed by atoms with Gasteiger partial charge in [-0.2, -0.15) is 0 Å². The highest BCUT2D eigenvalue weighted by atomic mass is 35.5. The van der Waals surface area contributed by atoms with Gasteiger partial charge in [0.1, 0.15) is 10.6 Å². The zero-order valence-corrected chi connectivity index (χ0v) is 12.6. The summed E-state index contributed by atoms with van der Waals surface area (Å²) in [6.07, 6.45) is 0. The molecule has 0 aliphatic rings. The number of carbonyl (C=O) groups excluding carboxylic acids is 1. The van der Waals surface area contributed by atoms with Gasteiger partial charge in [0.2, 0.25) is 0 Å². The molecule has 0 fully saturated rings. The lowest BCUT2D eigenvalue weighted by Gasteiger charge is -2.06. The number of ether oxygens (including phenoxy) is 1. The predicted molar refractivity (Wildman–Crippen MR) is 81.6 cm³/mol. The van der Waals surface area contributed by atoms with E-state index in [0.29, 0.717) is 21.3 Å². The third-order valence-electron chi connectivity index (χ3n) is 2.54. The van der Waals surface area contributed by atoms with Crippen LogP contribution in [0.5, 0.6) is 5.75 Å².